The Balaban J connectivity index is 1.44. The first kappa shape index (κ1) is 28.3. The maximum absolute atomic E-state index is 13.4. The Morgan fingerprint density at radius 2 is 1.76 bits per heavy atom. The maximum atomic E-state index is 13.4. The van der Waals surface area contributed by atoms with Gasteiger partial charge in [-0.1, -0.05) is 12.1 Å². The fourth-order valence-electron chi connectivity index (χ4n) is 4.35. The molecule has 2 heterocycles. The molecule has 5 rings (SSSR count). The van der Waals surface area contributed by atoms with E-state index in [1.807, 2.05) is 6.07 Å². The molecule has 2 aromatic carbocycles. The number of rotatable bonds is 7. The highest BCUT2D eigenvalue weighted by molar-refractivity contribution is 5.90. The van der Waals surface area contributed by atoms with Crippen LogP contribution >= 0.6 is 0 Å². The van der Waals surface area contributed by atoms with E-state index >= 15 is 0 Å². The highest BCUT2D eigenvalue weighted by Gasteiger charge is 2.40. The van der Waals surface area contributed by atoms with Crippen molar-refractivity contribution in [2.24, 2.45) is 5.92 Å². The number of halogens is 6. The maximum Gasteiger partial charge on any atom is 0.425 e. The minimum Gasteiger partial charge on any atom is -0.438 e. The summed E-state index contributed by atoms with van der Waals surface area (Å²) < 4.78 is 90.8. The van der Waals surface area contributed by atoms with E-state index in [0.29, 0.717) is 18.2 Å². The monoisotopic (exact) mass is 577 g/mol. The summed E-state index contributed by atoms with van der Waals surface area (Å²) in [4.78, 5) is 17.0. The van der Waals surface area contributed by atoms with Crippen LogP contribution in [0.15, 0.2) is 66.9 Å². The summed E-state index contributed by atoms with van der Waals surface area (Å²) in [6.07, 6.45) is -9.34. The van der Waals surface area contributed by atoms with E-state index in [9.17, 15) is 31.1 Å². The van der Waals surface area contributed by atoms with Crippen LogP contribution in [0.3, 0.4) is 0 Å². The summed E-state index contributed by atoms with van der Waals surface area (Å²) in [5, 5.41) is 0.843. The summed E-state index contributed by atoms with van der Waals surface area (Å²) in [6.45, 7) is 1.44. The Morgan fingerprint density at radius 1 is 1.05 bits per heavy atom. The Kier molecular flexibility index (Phi) is 7.35. The summed E-state index contributed by atoms with van der Waals surface area (Å²) in [5.41, 5.74) is 1.74. The number of alkyl halides is 6. The van der Waals surface area contributed by atoms with Crippen LogP contribution < -0.4 is 9.64 Å². The zero-order valence-electron chi connectivity index (χ0n) is 22.0. The number of hydrogen-bond donors (Lipinski definition) is 0. The highest BCUT2D eigenvalue weighted by atomic mass is 19.4. The molecule has 1 aliphatic rings. The summed E-state index contributed by atoms with van der Waals surface area (Å²) in [7, 11) is 1.32. The van der Waals surface area contributed by atoms with Gasteiger partial charge in [-0.2, -0.15) is 26.3 Å². The van der Waals surface area contributed by atoms with E-state index in [1.54, 1.807) is 42.5 Å². The van der Waals surface area contributed by atoms with E-state index in [1.165, 1.54) is 19.3 Å². The molecule has 12 heteroatoms. The van der Waals surface area contributed by atoms with Crippen molar-refractivity contribution in [3.05, 3.63) is 72.4 Å². The number of anilines is 1. The number of carbonyl (C=O) groups is 1. The molecule has 6 nitrogen and oxygen atoms in total. The molecule has 0 spiro atoms. The first-order valence-electron chi connectivity index (χ1n) is 12.8. The first-order chi connectivity index (χ1) is 19.3. The van der Waals surface area contributed by atoms with Crippen molar-refractivity contribution in [2.75, 3.05) is 11.9 Å². The lowest BCUT2D eigenvalue weighted by atomic mass is 10.1. The molecule has 1 atom stereocenters. The molecule has 1 fully saturated rings. The second-order valence-corrected chi connectivity index (χ2v) is 9.93. The molecule has 216 valence electrons. The van der Waals surface area contributed by atoms with E-state index in [2.05, 4.69) is 14.3 Å². The molecule has 0 N–H and O–H groups in total. The molecule has 0 bridgehead atoms. The number of fused-ring (bicyclic) bond motifs is 1. The van der Waals surface area contributed by atoms with Gasteiger partial charge in [-0.15, -0.1) is 0 Å². The highest BCUT2D eigenvalue weighted by Crippen LogP contribution is 2.40. The predicted molar refractivity (Wildman–Crippen MR) is 140 cm³/mol. The molecule has 1 aliphatic carbocycles. The summed E-state index contributed by atoms with van der Waals surface area (Å²) >= 11 is 0. The molecular formula is C29H25F6N3O3. The van der Waals surface area contributed by atoms with Crippen LogP contribution in [0.25, 0.3) is 22.2 Å². The molecule has 2 aromatic heterocycles. The van der Waals surface area contributed by atoms with Crippen molar-refractivity contribution in [3.8, 4) is 22.9 Å². The quantitative estimate of drug-likeness (QED) is 0.207. The van der Waals surface area contributed by atoms with Crippen molar-refractivity contribution in [1.82, 2.24) is 9.55 Å². The van der Waals surface area contributed by atoms with Crippen molar-refractivity contribution in [1.29, 1.82) is 0 Å². The third kappa shape index (κ3) is 6.26. The molecular weight excluding hydrogens is 552 g/mol. The van der Waals surface area contributed by atoms with Crippen LogP contribution in [-0.2, 0) is 17.5 Å². The van der Waals surface area contributed by atoms with Crippen molar-refractivity contribution in [3.63, 3.8) is 0 Å². The van der Waals surface area contributed by atoms with Gasteiger partial charge in [0, 0.05) is 42.6 Å². The smallest absolute Gasteiger partial charge is 0.425 e. The molecule has 0 unspecified atom stereocenters. The Bertz CT molecular complexity index is 1560. The fourth-order valence-corrected chi connectivity index (χ4v) is 4.35. The number of carbonyl (C=O) groups excluding carboxylic acids is 1. The minimum absolute atomic E-state index is 0.201. The van der Waals surface area contributed by atoms with Crippen molar-refractivity contribution >= 4 is 22.7 Å². The number of nitrogens with zero attached hydrogens (tertiary/aromatic N) is 3. The number of ether oxygens (including phenoxy) is 2. The van der Waals surface area contributed by atoms with Gasteiger partial charge in [0.15, 0.2) is 6.10 Å². The number of aromatic nitrogens is 2. The predicted octanol–water partition coefficient (Wildman–Crippen LogP) is 8.45. The standard InChI is InChI=1S/C29H25F6N3O3/c1-17(28(30,31)32)40-27(39)37(2)21-10-7-19(8-11-21)24-14-20-9-12-22(15-25(20)38(24)16-18-5-6-18)41-26-23(29(33,34)35)4-3-13-36-26/h3-4,7-15,17-18H,5-6,16H2,1-2H3/t17-/m1/s1. The lowest BCUT2D eigenvalue weighted by Crippen LogP contribution is -2.36. The average Bonchev–Trinajstić information content (AvgIpc) is 3.67. The number of pyridine rings is 1. The van der Waals surface area contributed by atoms with E-state index in [4.69, 9.17) is 4.74 Å². The second-order valence-electron chi connectivity index (χ2n) is 9.93. The van der Waals surface area contributed by atoms with Gasteiger partial charge in [-0.3, -0.25) is 4.90 Å². The lowest BCUT2D eigenvalue weighted by molar-refractivity contribution is -0.196. The summed E-state index contributed by atoms with van der Waals surface area (Å²) in [5.74, 6) is 0.118. The third-order valence-corrected chi connectivity index (χ3v) is 6.87. The van der Waals surface area contributed by atoms with Crippen molar-refractivity contribution in [2.45, 2.75) is 44.8 Å². The molecule has 1 saturated carbocycles. The molecule has 0 radical (unpaired) electrons. The topological polar surface area (TPSA) is 56.6 Å². The molecule has 41 heavy (non-hydrogen) atoms. The summed E-state index contributed by atoms with van der Waals surface area (Å²) in [6, 6.07) is 15.7. The van der Waals surface area contributed by atoms with Crippen LogP contribution in [0.5, 0.6) is 11.6 Å². The van der Waals surface area contributed by atoms with Gasteiger partial charge in [0.05, 0.1) is 5.52 Å². The number of amides is 1. The average molecular weight is 578 g/mol. The Morgan fingerprint density at radius 3 is 2.39 bits per heavy atom. The van der Waals surface area contributed by atoms with E-state index < -0.39 is 36.0 Å². The Hall–Kier alpha value is -4.22. The lowest BCUT2D eigenvalue weighted by Gasteiger charge is -2.22. The van der Waals surface area contributed by atoms with Gasteiger partial charge >= 0.3 is 18.4 Å². The van der Waals surface area contributed by atoms with E-state index in [0.717, 1.165) is 52.9 Å². The van der Waals surface area contributed by atoms with Crippen LogP contribution in [-0.4, -0.2) is 35.0 Å². The largest absolute Gasteiger partial charge is 0.438 e. The van der Waals surface area contributed by atoms with Crippen LogP contribution in [0.4, 0.5) is 36.8 Å². The van der Waals surface area contributed by atoms with Gasteiger partial charge in [0.25, 0.3) is 0 Å². The van der Waals surface area contributed by atoms with Gasteiger partial charge in [-0.25, -0.2) is 9.78 Å². The third-order valence-electron chi connectivity index (χ3n) is 6.87. The minimum atomic E-state index is -4.67. The van der Waals surface area contributed by atoms with E-state index in [-0.39, 0.29) is 5.75 Å². The molecule has 4 aromatic rings. The van der Waals surface area contributed by atoms with Gasteiger partial charge in [0.1, 0.15) is 11.3 Å². The van der Waals surface area contributed by atoms with Gasteiger partial charge < -0.3 is 14.0 Å². The van der Waals surface area contributed by atoms with Gasteiger partial charge in [-0.05, 0) is 73.7 Å². The first-order valence-corrected chi connectivity index (χ1v) is 12.8. The SMILES string of the molecule is C[C@@H](OC(=O)N(C)c1ccc(-c2cc3ccc(Oc4ncccc4C(F)(F)F)cc3n2CC2CC2)cc1)C(F)(F)F. The van der Waals surface area contributed by atoms with Crippen LogP contribution in [0, 0.1) is 5.92 Å². The van der Waals surface area contributed by atoms with Crippen LogP contribution in [0.1, 0.15) is 25.3 Å². The molecule has 0 saturated heterocycles. The number of hydrogen-bond acceptors (Lipinski definition) is 4. The molecule has 1 amide bonds. The van der Waals surface area contributed by atoms with Crippen molar-refractivity contribution < 1.29 is 40.6 Å². The zero-order valence-corrected chi connectivity index (χ0v) is 22.0. The number of benzene rings is 2. The Labute approximate surface area is 231 Å². The normalized spacial score (nSPS) is 14.6. The zero-order chi connectivity index (χ0) is 29.5. The fraction of sp³-hybridized carbons (Fsp3) is 0.310. The molecule has 0 aliphatic heterocycles. The van der Waals surface area contributed by atoms with Crippen LogP contribution in [0.2, 0.25) is 0 Å². The second kappa shape index (κ2) is 10.6. The van der Waals surface area contributed by atoms with Gasteiger partial charge in [0.2, 0.25) is 5.88 Å².